The zero-order chi connectivity index (χ0) is 24.8. The van der Waals surface area contributed by atoms with Gasteiger partial charge in [-0.1, -0.05) is 12.1 Å². The van der Waals surface area contributed by atoms with Crippen molar-refractivity contribution in [3.63, 3.8) is 0 Å². The maximum absolute atomic E-state index is 12.9. The number of carbonyl (C=O) groups excluding carboxylic acids is 1. The lowest BCUT2D eigenvalue weighted by Gasteiger charge is -2.39. The van der Waals surface area contributed by atoms with Gasteiger partial charge in [0.2, 0.25) is 6.29 Å². The van der Waals surface area contributed by atoms with Crippen molar-refractivity contribution in [3.8, 4) is 23.0 Å². The van der Waals surface area contributed by atoms with E-state index >= 15 is 0 Å². The summed E-state index contributed by atoms with van der Waals surface area (Å²) < 4.78 is 26.8. The predicted molar refractivity (Wildman–Crippen MR) is 120 cm³/mol. The highest BCUT2D eigenvalue weighted by Crippen LogP contribution is 2.35. The number of aliphatic hydroxyl groups is 4. The van der Waals surface area contributed by atoms with Crippen molar-refractivity contribution >= 4 is 5.78 Å². The minimum absolute atomic E-state index is 0.155. The number of aryl methyl sites for hydroxylation is 1. The summed E-state index contributed by atoms with van der Waals surface area (Å²) in [5.41, 5.74) is 1.20. The van der Waals surface area contributed by atoms with E-state index < -0.39 is 37.3 Å². The van der Waals surface area contributed by atoms with Gasteiger partial charge in [0, 0.05) is 18.6 Å². The summed E-state index contributed by atoms with van der Waals surface area (Å²) in [5.74, 6) is 1.44. The molecule has 1 aliphatic rings. The van der Waals surface area contributed by atoms with Crippen molar-refractivity contribution in [3.05, 3.63) is 47.5 Å². The van der Waals surface area contributed by atoms with E-state index in [-0.39, 0.29) is 12.2 Å². The summed E-state index contributed by atoms with van der Waals surface area (Å²) in [4.78, 5) is 12.9. The summed E-state index contributed by atoms with van der Waals surface area (Å²) in [6, 6.07) is 10.0. The first-order valence-corrected chi connectivity index (χ1v) is 10.7. The molecular formula is C24H30O10. The molecule has 5 atom stereocenters. The third-order valence-corrected chi connectivity index (χ3v) is 5.66. The summed E-state index contributed by atoms with van der Waals surface area (Å²) in [6.07, 6.45) is -6.15. The largest absolute Gasteiger partial charge is 0.496 e. The Hall–Kier alpha value is -2.89. The third-order valence-electron chi connectivity index (χ3n) is 5.66. The molecule has 0 radical (unpaired) electrons. The van der Waals surface area contributed by atoms with E-state index in [0.717, 1.165) is 5.56 Å². The Morgan fingerprint density at radius 3 is 2.03 bits per heavy atom. The molecule has 0 aliphatic carbocycles. The predicted octanol–water partition coefficient (Wildman–Crippen LogP) is 0.707. The van der Waals surface area contributed by atoms with Crippen LogP contribution in [0.5, 0.6) is 23.0 Å². The number of hydrogen-bond donors (Lipinski definition) is 4. The molecule has 2 aromatic carbocycles. The quantitative estimate of drug-likeness (QED) is 0.360. The number of Topliss-reactive ketones (excluding diaryl/α,β-unsaturated/α-hetero) is 1. The Bertz CT molecular complexity index is 934. The molecule has 4 N–H and O–H groups in total. The molecule has 10 heteroatoms. The van der Waals surface area contributed by atoms with Crippen LogP contribution in [-0.4, -0.2) is 84.9 Å². The fraction of sp³-hybridized carbons (Fsp3) is 0.458. The Balaban J connectivity index is 1.64. The first kappa shape index (κ1) is 25.7. The molecule has 0 unspecified atom stereocenters. The lowest BCUT2D eigenvalue weighted by atomic mass is 9.99. The molecular weight excluding hydrogens is 448 g/mol. The highest BCUT2D eigenvalue weighted by molar-refractivity contribution is 6.01. The second kappa shape index (κ2) is 11.5. The van der Waals surface area contributed by atoms with Crippen LogP contribution in [0.3, 0.4) is 0 Å². The van der Waals surface area contributed by atoms with Crippen LogP contribution in [0.15, 0.2) is 36.4 Å². The maximum atomic E-state index is 12.9. The Labute approximate surface area is 197 Å². The monoisotopic (exact) mass is 478 g/mol. The molecule has 1 fully saturated rings. The van der Waals surface area contributed by atoms with Gasteiger partial charge in [0.05, 0.1) is 27.9 Å². The zero-order valence-corrected chi connectivity index (χ0v) is 19.2. The van der Waals surface area contributed by atoms with Crippen molar-refractivity contribution in [1.82, 2.24) is 0 Å². The van der Waals surface area contributed by atoms with Crippen LogP contribution in [0.1, 0.15) is 22.3 Å². The van der Waals surface area contributed by atoms with Crippen molar-refractivity contribution in [2.24, 2.45) is 0 Å². The molecule has 10 nitrogen and oxygen atoms in total. The van der Waals surface area contributed by atoms with Gasteiger partial charge in [0.15, 0.2) is 5.78 Å². The van der Waals surface area contributed by atoms with Crippen LogP contribution in [0.2, 0.25) is 0 Å². The number of carbonyl (C=O) groups is 1. The van der Waals surface area contributed by atoms with Gasteiger partial charge in [-0.25, -0.2) is 0 Å². The highest BCUT2D eigenvalue weighted by atomic mass is 16.7. The molecule has 3 rings (SSSR count). The Kier molecular flexibility index (Phi) is 8.70. The van der Waals surface area contributed by atoms with E-state index in [1.807, 2.05) is 0 Å². The minimum Gasteiger partial charge on any atom is -0.496 e. The Morgan fingerprint density at radius 1 is 0.882 bits per heavy atom. The van der Waals surface area contributed by atoms with Crippen molar-refractivity contribution < 1.29 is 48.9 Å². The van der Waals surface area contributed by atoms with Gasteiger partial charge in [0.25, 0.3) is 0 Å². The third kappa shape index (κ3) is 5.60. The van der Waals surface area contributed by atoms with Crippen molar-refractivity contribution in [1.29, 1.82) is 0 Å². The van der Waals surface area contributed by atoms with E-state index in [9.17, 15) is 25.2 Å². The molecule has 0 saturated carbocycles. The molecule has 0 aromatic heterocycles. The van der Waals surface area contributed by atoms with E-state index in [1.54, 1.807) is 36.4 Å². The second-order valence-corrected chi connectivity index (χ2v) is 7.79. The first-order valence-electron chi connectivity index (χ1n) is 10.7. The van der Waals surface area contributed by atoms with Gasteiger partial charge in [-0.3, -0.25) is 4.79 Å². The number of methoxy groups -OCH3 is 3. The smallest absolute Gasteiger partial charge is 0.229 e. The fourth-order valence-corrected chi connectivity index (χ4v) is 3.70. The average Bonchev–Trinajstić information content (AvgIpc) is 2.87. The van der Waals surface area contributed by atoms with Gasteiger partial charge >= 0.3 is 0 Å². The fourth-order valence-electron chi connectivity index (χ4n) is 3.70. The number of ether oxygens (including phenoxy) is 5. The van der Waals surface area contributed by atoms with Gasteiger partial charge in [-0.2, -0.15) is 0 Å². The van der Waals surface area contributed by atoms with Gasteiger partial charge < -0.3 is 44.1 Å². The Morgan fingerprint density at radius 2 is 1.50 bits per heavy atom. The maximum Gasteiger partial charge on any atom is 0.229 e. The van der Waals surface area contributed by atoms with Crippen LogP contribution < -0.4 is 18.9 Å². The van der Waals surface area contributed by atoms with E-state index in [1.165, 1.54) is 21.3 Å². The van der Waals surface area contributed by atoms with Crippen LogP contribution in [0, 0.1) is 0 Å². The normalized spacial score (nSPS) is 24.4. The van der Waals surface area contributed by atoms with Gasteiger partial charge in [-0.15, -0.1) is 0 Å². The molecule has 34 heavy (non-hydrogen) atoms. The SMILES string of the molecule is COc1cc(OC)c(C(=O)CCc2ccc(O[C@@H]3O[C@H](CO)[C@@H](O)[C@H](O)[C@@H]3O)cc2)c(OC)c1. The van der Waals surface area contributed by atoms with Gasteiger partial charge in [0.1, 0.15) is 53.0 Å². The van der Waals surface area contributed by atoms with E-state index in [4.69, 9.17) is 23.7 Å². The summed E-state index contributed by atoms with van der Waals surface area (Å²) >= 11 is 0. The lowest BCUT2D eigenvalue weighted by Crippen LogP contribution is -2.60. The number of rotatable bonds is 10. The van der Waals surface area contributed by atoms with Crippen molar-refractivity contribution in [2.45, 2.75) is 43.5 Å². The van der Waals surface area contributed by atoms with Crippen LogP contribution in [0.25, 0.3) is 0 Å². The second-order valence-electron chi connectivity index (χ2n) is 7.79. The van der Waals surface area contributed by atoms with E-state index in [0.29, 0.717) is 35.0 Å². The highest BCUT2D eigenvalue weighted by Gasteiger charge is 2.44. The van der Waals surface area contributed by atoms with Crippen molar-refractivity contribution in [2.75, 3.05) is 27.9 Å². The number of hydrogen-bond acceptors (Lipinski definition) is 10. The lowest BCUT2D eigenvalue weighted by molar-refractivity contribution is -0.277. The summed E-state index contributed by atoms with van der Waals surface area (Å²) in [7, 11) is 4.46. The molecule has 1 heterocycles. The number of ketones is 1. The topological polar surface area (TPSA) is 144 Å². The number of aliphatic hydroxyl groups excluding tert-OH is 4. The average molecular weight is 478 g/mol. The zero-order valence-electron chi connectivity index (χ0n) is 19.2. The molecule has 0 amide bonds. The molecule has 0 bridgehead atoms. The van der Waals surface area contributed by atoms with Crippen LogP contribution >= 0.6 is 0 Å². The molecule has 1 aliphatic heterocycles. The first-order chi connectivity index (χ1) is 16.3. The molecule has 1 saturated heterocycles. The van der Waals surface area contributed by atoms with Crippen LogP contribution in [0.4, 0.5) is 0 Å². The minimum atomic E-state index is -1.52. The molecule has 0 spiro atoms. The standard InChI is InChI=1S/C24H30O10/c1-30-15-10-17(31-2)20(18(11-15)32-3)16(26)9-6-13-4-7-14(8-5-13)33-24-23(29)22(28)21(27)19(12-25)34-24/h4-5,7-8,10-11,19,21-25,27-29H,6,9,12H2,1-3H3/t19-,21-,22+,23+,24-/m1/s1. The molecule has 186 valence electrons. The summed E-state index contributed by atoms with van der Waals surface area (Å²) in [5, 5.41) is 39.1. The van der Waals surface area contributed by atoms with Gasteiger partial charge in [-0.05, 0) is 24.1 Å². The van der Waals surface area contributed by atoms with Crippen LogP contribution in [-0.2, 0) is 11.2 Å². The molecule has 2 aromatic rings. The number of benzene rings is 2. The van der Waals surface area contributed by atoms with E-state index in [2.05, 4.69) is 0 Å². The summed E-state index contributed by atoms with van der Waals surface area (Å²) in [6.45, 7) is -0.540.